The average molecular weight is 342 g/mol. The van der Waals surface area contributed by atoms with Crippen LogP contribution in [0.1, 0.15) is 121 Å². The molecule has 0 radical (unpaired) electrons. The van der Waals surface area contributed by atoms with Gasteiger partial charge in [-0.2, -0.15) is 0 Å². The molecule has 0 aliphatic heterocycles. The van der Waals surface area contributed by atoms with Crippen molar-refractivity contribution in [3.05, 3.63) is 11.6 Å². The summed E-state index contributed by atoms with van der Waals surface area (Å²) < 4.78 is 2.66. The molecule has 0 spiro atoms. The van der Waals surface area contributed by atoms with Gasteiger partial charge in [0, 0.05) is 16.9 Å². The lowest BCUT2D eigenvalue weighted by Crippen LogP contribution is -2.45. The molecular formula is C22H35N3. The van der Waals surface area contributed by atoms with E-state index in [1.165, 1.54) is 102 Å². The van der Waals surface area contributed by atoms with Crippen molar-refractivity contribution >= 4 is 0 Å². The Labute approximate surface area is 153 Å². The van der Waals surface area contributed by atoms with E-state index in [1.807, 2.05) is 0 Å². The van der Waals surface area contributed by atoms with Crippen molar-refractivity contribution in [2.75, 3.05) is 0 Å². The Morgan fingerprint density at radius 2 is 1.52 bits per heavy atom. The molecule has 0 saturated heterocycles. The summed E-state index contributed by atoms with van der Waals surface area (Å²) in [5.74, 6) is 2.74. The van der Waals surface area contributed by atoms with E-state index in [-0.39, 0.29) is 0 Å². The molecule has 25 heavy (non-hydrogen) atoms. The van der Waals surface area contributed by atoms with Crippen molar-refractivity contribution in [1.29, 1.82) is 0 Å². The molecule has 1 heterocycles. The maximum absolute atomic E-state index is 4.89. The number of rotatable bonds is 7. The first kappa shape index (κ1) is 16.3. The van der Waals surface area contributed by atoms with Crippen molar-refractivity contribution < 1.29 is 0 Å². The number of hydrogen-bond acceptors (Lipinski definition) is 2. The van der Waals surface area contributed by atoms with E-state index >= 15 is 0 Å². The van der Waals surface area contributed by atoms with Gasteiger partial charge in [-0.05, 0) is 76.0 Å². The molecule has 5 aliphatic carbocycles. The molecule has 0 aromatic carbocycles. The highest BCUT2D eigenvalue weighted by atomic mass is 15.3. The second-order valence-corrected chi connectivity index (χ2v) is 10.2. The largest absolute Gasteiger partial charge is 0.311 e. The third-order valence-electron chi connectivity index (χ3n) is 8.33. The Hall–Kier alpha value is -0.860. The van der Waals surface area contributed by atoms with Gasteiger partial charge in [0.15, 0.2) is 0 Å². The van der Waals surface area contributed by atoms with Gasteiger partial charge in [-0.3, -0.25) is 0 Å². The number of fused-ring (bicyclic) bond motifs is 3. The van der Waals surface area contributed by atoms with Gasteiger partial charge in [0.05, 0.1) is 0 Å². The van der Waals surface area contributed by atoms with Crippen LogP contribution in [0, 0.1) is 5.41 Å². The summed E-state index contributed by atoms with van der Waals surface area (Å²) in [6.45, 7) is 4.73. The van der Waals surface area contributed by atoms with Gasteiger partial charge in [-0.1, -0.05) is 33.1 Å². The van der Waals surface area contributed by atoms with Gasteiger partial charge in [0.2, 0.25) is 0 Å². The predicted octanol–water partition coefficient (Wildman–Crippen LogP) is 5.84. The minimum atomic E-state index is 0.345. The molecule has 5 fully saturated rings. The maximum atomic E-state index is 4.89. The summed E-state index contributed by atoms with van der Waals surface area (Å²) in [7, 11) is 0. The van der Waals surface area contributed by atoms with E-state index in [2.05, 4.69) is 18.4 Å². The Balaban J connectivity index is 1.40. The van der Waals surface area contributed by atoms with E-state index in [4.69, 9.17) is 10.2 Å². The summed E-state index contributed by atoms with van der Waals surface area (Å²) in [5, 5.41) is 9.67. The van der Waals surface area contributed by atoms with Gasteiger partial charge in [-0.25, -0.2) is 0 Å². The highest BCUT2D eigenvalue weighted by molar-refractivity contribution is 5.25. The van der Waals surface area contributed by atoms with Crippen LogP contribution in [0.5, 0.6) is 0 Å². The third-order valence-corrected chi connectivity index (χ3v) is 8.33. The van der Waals surface area contributed by atoms with Crippen LogP contribution in [0.4, 0.5) is 0 Å². The van der Waals surface area contributed by atoms with Crippen LogP contribution in [0.25, 0.3) is 0 Å². The molecule has 1 aromatic heterocycles. The molecule has 3 heteroatoms. The zero-order valence-electron chi connectivity index (χ0n) is 16.3. The summed E-state index contributed by atoms with van der Waals surface area (Å²) in [4.78, 5) is 0. The van der Waals surface area contributed by atoms with Gasteiger partial charge in [0.25, 0.3) is 0 Å². The van der Waals surface area contributed by atoms with Crippen molar-refractivity contribution in [1.82, 2.24) is 14.8 Å². The maximum Gasteiger partial charge on any atom is 0.139 e. The van der Waals surface area contributed by atoms with Gasteiger partial charge >= 0.3 is 0 Å². The van der Waals surface area contributed by atoms with Crippen molar-refractivity contribution in [2.45, 2.75) is 121 Å². The number of aromatic nitrogens is 3. The lowest BCUT2D eigenvalue weighted by molar-refractivity contribution is 0.0243. The van der Waals surface area contributed by atoms with Crippen LogP contribution in [0.3, 0.4) is 0 Å². The van der Waals surface area contributed by atoms with E-state index in [1.54, 1.807) is 0 Å². The topological polar surface area (TPSA) is 30.7 Å². The SMILES string of the molecule is CCCCCC12CCC(c3nnc(C4(C)CC4)n3C3CC3)(CC1)CC2. The highest BCUT2D eigenvalue weighted by Crippen LogP contribution is 2.60. The van der Waals surface area contributed by atoms with Crippen molar-refractivity contribution in [2.24, 2.45) is 5.41 Å². The van der Waals surface area contributed by atoms with E-state index < -0.39 is 0 Å². The van der Waals surface area contributed by atoms with Crippen LogP contribution in [-0.2, 0) is 10.8 Å². The normalized spacial score (nSPS) is 35.9. The average Bonchev–Trinajstić information content (AvgIpc) is 3.57. The minimum Gasteiger partial charge on any atom is -0.311 e. The Bertz CT molecular complexity index is 626. The Morgan fingerprint density at radius 3 is 2.08 bits per heavy atom. The molecule has 2 bridgehead atoms. The number of unbranched alkanes of at least 4 members (excludes halogenated alkanes) is 2. The molecule has 5 aliphatic rings. The Kier molecular flexibility index (Phi) is 3.63. The van der Waals surface area contributed by atoms with Crippen molar-refractivity contribution in [3.63, 3.8) is 0 Å². The van der Waals surface area contributed by atoms with Crippen LogP contribution >= 0.6 is 0 Å². The smallest absolute Gasteiger partial charge is 0.139 e. The molecule has 138 valence electrons. The molecule has 0 atom stereocenters. The molecule has 5 saturated carbocycles. The summed E-state index contributed by atoms with van der Waals surface area (Å²) in [5.41, 5.74) is 1.40. The number of nitrogens with zero attached hydrogens (tertiary/aromatic N) is 3. The molecule has 1 aromatic rings. The zero-order chi connectivity index (χ0) is 17.1. The summed E-state index contributed by atoms with van der Waals surface area (Å²) in [6.07, 6.45) is 19.5. The standard InChI is InChI=1S/C22H35N3/c1-3-4-5-8-21-11-14-22(15-12-21,16-13-21)19-24-23-18(20(2)9-10-20)25(19)17-6-7-17/h17H,3-16H2,1-2H3. The zero-order valence-corrected chi connectivity index (χ0v) is 16.3. The van der Waals surface area contributed by atoms with Crippen LogP contribution in [0.2, 0.25) is 0 Å². The van der Waals surface area contributed by atoms with Gasteiger partial charge < -0.3 is 4.57 Å². The molecule has 3 nitrogen and oxygen atoms in total. The number of hydrogen-bond donors (Lipinski definition) is 0. The lowest BCUT2D eigenvalue weighted by atomic mass is 9.52. The summed E-state index contributed by atoms with van der Waals surface area (Å²) >= 11 is 0. The molecular weight excluding hydrogens is 306 g/mol. The first-order chi connectivity index (χ1) is 12.1. The fourth-order valence-corrected chi connectivity index (χ4v) is 5.88. The third kappa shape index (κ3) is 2.59. The second kappa shape index (κ2) is 5.57. The highest BCUT2D eigenvalue weighted by Gasteiger charge is 2.54. The molecule has 0 N–H and O–H groups in total. The molecule has 0 amide bonds. The van der Waals surface area contributed by atoms with Crippen LogP contribution in [0.15, 0.2) is 0 Å². The first-order valence-electron chi connectivity index (χ1n) is 11.1. The van der Waals surface area contributed by atoms with Crippen molar-refractivity contribution in [3.8, 4) is 0 Å². The summed E-state index contributed by atoms with van der Waals surface area (Å²) in [6, 6.07) is 0.727. The van der Waals surface area contributed by atoms with Crippen LogP contribution < -0.4 is 0 Å². The van der Waals surface area contributed by atoms with E-state index in [9.17, 15) is 0 Å². The van der Waals surface area contributed by atoms with E-state index in [0.29, 0.717) is 16.2 Å². The molecule has 0 unspecified atom stereocenters. The quantitative estimate of drug-likeness (QED) is 0.584. The second-order valence-electron chi connectivity index (χ2n) is 10.2. The lowest BCUT2D eigenvalue weighted by Gasteiger charge is -2.53. The van der Waals surface area contributed by atoms with Gasteiger partial charge in [0.1, 0.15) is 11.6 Å². The van der Waals surface area contributed by atoms with E-state index in [0.717, 1.165) is 6.04 Å². The monoisotopic (exact) mass is 341 g/mol. The Morgan fingerprint density at radius 1 is 0.880 bits per heavy atom. The van der Waals surface area contributed by atoms with Gasteiger partial charge in [-0.15, -0.1) is 10.2 Å². The minimum absolute atomic E-state index is 0.345. The first-order valence-corrected chi connectivity index (χ1v) is 11.1. The fraction of sp³-hybridized carbons (Fsp3) is 0.909. The van der Waals surface area contributed by atoms with Crippen LogP contribution in [-0.4, -0.2) is 14.8 Å². The predicted molar refractivity (Wildman–Crippen MR) is 101 cm³/mol. The molecule has 6 rings (SSSR count). The fourth-order valence-electron chi connectivity index (χ4n) is 5.88.